The summed E-state index contributed by atoms with van der Waals surface area (Å²) in [7, 11) is 7.05. The maximum Gasteiger partial charge on any atom is 0.255 e. The number of furan rings is 1. The van der Waals surface area contributed by atoms with E-state index in [-0.39, 0.29) is 11.9 Å². The number of carbonyl (C=O) groups excluding carboxylic acids is 1. The van der Waals surface area contributed by atoms with Gasteiger partial charge in [-0.1, -0.05) is 18.2 Å². The number of rotatable bonds is 9. The van der Waals surface area contributed by atoms with Crippen LogP contribution in [0.5, 0.6) is 11.5 Å². The van der Waals surface area contributed by atoms with Crippen molar-refractivity contribution in [2.24, 2.45) is 0 Å². The Morgan fingerprint density at radius 2 is 1.82 bits per heavy atom. The highest BCUT2D eigenvalue weighted by Gasteiger charge is 2.23. The van der Waals surface area contributed by atoms with Crippen LogP contribution in [0.25, 0.3) is 16.9 Å². The Kier molecular flexibility index (Phi) is 6.98. The summed E-state index contributed by atoms with van der Waals surface area (Å²) in [6.45, 7) is 0.376. The fraction of sp³-hybridized carbons (Fsp3) is 0.231. The van der Waals surface area contributed by atoms with Crippen LogP contribution in [-0.2, 0) is 0 Å². The lowest BCUT2D eigenvalue weighted by atomic mass is 10.1. The Labute approximate surface area is 198 Å². The number of para-hydroxylation sites is 1. The molecule has 2 aromatic heterocycles. The summed E-state index contributed by atoms with van der Waals surface area (Å²) in [6, 6.07) is 18.8. The largest absolute Gasteiger partial charge is 0.493 e. The van der Waals surface area contributed by atoms with Gasteiger partial charge in [0, 0.05) is 18.3 Å². The number of amides is 1. The lowest BCUT2D eigenvalue weighted by Gasteiger charge is -2.22. The lowest BCUT2D eigenvalue weighted by Crippen LogP contribution is -2.34. The van der Waals surface area contributed by atoms with Gasteiger partial charge in [-0.2, -0.15) is 5.10 Å². The minimum atomic E-state index is -0.231. The molecule has 0 radical (unpaired) electrons. The molecule has 1 amide bonds. The van der Waals surface area contributed by atoms with Crippen molar-refractivity contribution in [3.63, 3.8) is 0 Å². The molecule has 0 aliphatic heterocycles. The number of benzene rings is 2. The van der Waals surface area contributed by atoms with E-state index >= 15 is 0 Å². The lowest BCUT2D eigenvalue weighted by molar-refractivity contribution is 0.0939. The number of nitrogens with one attached hydrogen (secondary N) is 1. The number of aromatic nitrogens is 2. The molecule has 2 aromatic carbocycles. The van der Waals surface area contributed by atoms with Gasteiger partial charge in [0.2, 0.25) is 0 Å². The summed E-state index contributed by atoms with van der Waals surface area (Å²) >= 11 is 0. The Morgan fingerprint density at radius 3 is 2.47 bits per heavy atom. The average Bonchev–Trinajstić information content (AvgIpc) is 3.55. The first-order valence-electron chi connectivity index (χ1n) is 10.9. The molecule has 8 heteroatoms. The average molecular weight is 461 g/mol. The van der Waals surface area contributed by atoms with Crippen molar-refractivity contribution in [1.29, 1.82) is 0 Å². The first-order chi connectivity index (χ1) is 16.5. The first kappa shape index (κ1) is 23.1. The molecule has 34 heavy (non-hydrogen) atoms. The molecular weight excluding hydrogens is 432 g/mol. The van der Waals surface area contributed by atoms with Crippen LogP contribution in [0.15, 0.2) is 77.5 Å². The fourth-order valence-electron chi connectivity index (χ4n) is 3.75. The molecule has 4 aromatic rings. The van der Waals surface area contributed by atoms with Gasteiger partial charge in [0.1, 0.15) is 11.5 Å². The monoisotopic (exact) mass is 460 g/mol. The molecule has 0 unspecified atom stereocenters. The molecule has 0 aliphatic carbocycles. The topological polar surface area (TPSA) is 81.8 Å². The van der Waals surface area contributed by atoms with Gasteiger partial charge >= 0.3 is 0 Å². The molecule has 1 N–H and O–H groups in total. The van der Waals surface area contributed by atoms with E-state index in [4.69, 9.17) is 19.0 Å². The second kappa shape index (κ2) is 10.3. The number of carbonyl (C=O) groups is 1. The van der Waals surface area contributed by atoms with Crippen LogP contribution in [0.1, 0.15) is 22.2 Å². The molecule has 176 valence electrons. The maximum atomic E-state index is 13.4. The molecule has 0 spiro atoms. The smallest absolute Gasteiger partial charge is 0.255 e. The van der Waals surface area contributed by atoms with E-state index in [1.807, 2.05) is 73.6 Å². The van der Waals surface area contributed by atoms with Crippen molar-refractivity contribution in [2.75, 3.05) is 34.9 Å². The first-order valence-corrected chi connectivity index (χ1v) is 10.9. The molecule has 0 aliphatic rings. The summed E-state index contributed by atoms with van der Waals surface area (Å²) in [5.41, 5.74) is 2.59. The summed E-state index contributed by atoms with van der Waals surface area (Å²) < 4.78 is 18.1. The van der Waals surface area contributed by atoms with Crippen molar-refractivity contribution >= 4 is 5.91 Å². The summed E-state index contributed by atoms with van der Waals surface area (Å²) in [6.07, 6.45) is 3.38. The van der Waals surface area contributed by atoms with E-state index in [1.165, 1.54) is 0 Å². The molecule has 0 fully saturated rings. The van der Waals surface area contributed by atoms with Gasteiger partial charge in [-0.05, 0) is 56.6 Å². The van der Waals surface area contributed by atoms with Gasteiger partial charge in [-0.3, -0.25) is 9.69 Å². The van der Waals surface area contributed by atoms with Crippen LogP contribution >= 0.6 is 0 Å². The molecule has 0 saturated heterocycles. The highest BCUT2D eigenvalue weighted by Crippen LogP contribution is 2.33. The number of hydrogen-bond acceptors (Lipinski definition) is 6. The van der Waals surface area contributed by atoms with Crippen molar-refractivity contribution in [2.45, 2.75) is 6.04 Å². The highest BCUT2D eigenvalue weighted by atomic mass is 16.5. The number of nitrogens with zero attached hydrogens (tertiary/aromatic N) is 3. The SMILES string of the molecule is COc1ccc(-c2nn(-c3ccccc3)cc2C(=O)NC[C@@H](c2ccco2)N(C)C)cc1OC. The van der Waals surface area contributed by atoms with Crippen LogP contribution < -0.4 is 14.8 Å². The quantitative estimate of drug-likeness (QED) is 0.404. The molecule has 1 atom stereocenters. The third kappa shape index (κ3) is 4.82. The summed E-state index contributed by atoms with van der Waals surface area (Å²) in [5, 5.41) is 7.79. The Hall–Kier alpha value is -4.04. The van der Waals surface area contributed by atoms with Gasteiger partial charge in [-0.25, -0.2) is 4.68 Å². The zero-order valence-corrected chi connectivity index (χ0v) is 19.7. The van der Waals surface area contributed by atoms with E-state index in [9.17, 15) is 4.79 Å². The minimum absolute atomic E-state index is 0.104. The Balaban J connectivity index is 1.69. The fourth-order valence-corrected chi connectivity index (χ4v) is 3.75. The van der Waals surface area contributed by atoms with Gasteiger partial charge in [0.15, 0.2) is 11.5 Å². The molecule has 8 nitrogen and oxygen atoms in total. The van der Waals surface area contributed by atoms with Crippen molar-refractivity contribution in [1.82, 2.24) is 20.0 Å². The third-order valence-corrected chi connectivity index (χ3v) is 5.59. The molecule has 4 rings (SSSR count). The van der Waals surface area contributed by atoms with Crippen LogP contribution in [0.3, 0.4) is 0 Å². The van der Waals surface area contributed by atoms with Gasteiger partial charge < -0.3 is 19.2 Å². The third-order valence-electron chi connectivity index (χ3n) is 5.59. The molecule has 2 heterocycles. The van der Waals surface area contributed by atoms with Crippen LogP contribution in [0.2, 0.25) is 0 Å². The molecule has 0 bridgehead atoms. The number of ether oxygens (including phenoxy) is 2. The van der Waals surface area contributed by atoms with E-state index in [1.54, 1.807) is 37.4 Å². The molecular formula is C26H28N4O4. The summed E-state index contributed by atoms with van der Waals surface area (Å²) in [4.78, 5) is 15.4. The van der Waals surface area contributed by atoms with E-state index < -0.39 is 0 Å². The number of likely N-dealkylation sites (N-methyl/N-ethyl adjacent to an activating group) is 1. The minimum Gasteiger partial charge on any atom is -0.493 e. The van der Waals surface area contributed by atoms with Crippen molar-refractivity contribution < 1.29 is 18.7 Å². The molecule has 0 saturated carbocycles. The normalized spacial score (nSPS) is 11.9. The Morgan fingerprint density at radius 1 is 1.06 bits per heavy atom. The zero-order valence-electron chi connectivity index (χ0n) is 19.7. The van der Waals surface area contributed by atoms with Crippen LogP contribution in [-0.4, -0.2) is 55.4 Å². The Bertz CT molecular complexity index is 1230. The van der Waals surface area contributed by atoms with Crippen LogP contribution in [0, 0.1) is 0 Å². The number of methoxy groups -OCH3 is 2. The van der Waals surface area contributed by atoms with E-state index in [0.29, 0.717) is 29.3 Å². The number of hydrogen-bond donors (Lipinski definition) is 1. The van der Waals surface area contributed by atoms with E-state index in [2.05, 4.69) is 5.32 Å². The maximum absolute atomic E-state index is 13.4. The van der Waals surface area contributed by atoms with Crippen molar-refractivity contribution in [3.05, 3.63) is 84.4 Å². The second-order valence-corrected chi connectivity index (χ2v) is 7.95. The zero-order chi connectivity index (χ0) is 24.1. The standard InChI is InChI=1S/C26H28N4O4/c1-29(2)21(22-11-8-14-34-22)16-27-26(31)20-17-30(19-9-6-5-7-10-19)28-25(20)18-12-13-23(32-3)24(15-18)33-4/h5-15,17,21H,16H2,1-4H3,(H,27,31)/t21-/m0/s1. The predicted molar refractivity (Wildman–Crippen MR) is 130 cm³/mol. The summed E-state index contributed by atoms with van der Waals surface area (Å²) in [5.74, 6) is 1.72. The highest BCUT2D eigenvalue weighted by molar-refractivity contribution is 6.00. The second-order valence-electron chi connectivity index (χ2n) is 7.95. The predicted octanol–water partition coefficient (Wildman–Crippen LogP) is 4.18. The van der Waals surface area contributed by atoms with Gasteiger partial charge in [-0.15, -0.1) is 0 Å². The van der Waals surface area contributed by atoms with E-state index in [0.717, 1.165) is 17.0 Å². The van der Waals surface area contributed by atoms with Gasteiger partial charge in [0.05, 0.1) is 37.8 Å². The van der Waals surface area contributed by atoms with Crippen molar-refractivity contribution in [3.8, 4) is 28.4 Å². The van der Waals surface area contributed by atoms with Gasteiger partial charge in [0.25, 0.3) is 5.91 Å². The van der Waals surface area contributed by atoms with Crippen LogP contribution in [0.4, 0.5) is 0 Å².